The summed E-state index contributed by atoms with van der Waals surface area (Å²) in [6.07, 6.45) is 0.939. The molecular weight excluding hydrogens is 304 g/mol. The highest BCUT2D eigenvalue weighted by Gasteiger charge is 2.15. The van der Waals surface area contributed by atoms with Crippen LogP contribution in [0.25, 0.3) is 0 Å². The fourth-order valence-electron chi connectivity index (χ4n) is 1.63. The zero-order valence-corrected chi connectivity index (χ0v) is 12.1. The summed E-state index contributed by atoms with van der Waals surface area (Å²) >= 11 is 7.00. The number of nitrogens with two attached hydrogens (primary N) is 1. The normalized spacial score (nSPS) is 12.9. The van der Waals surface area contributed by atoms with Gasteiger partial charge >= 0.3 is 0 Å². The van der Waals surface area contributed by atoms with Crippen molar-refractivity contribution in [3.63, 3.8) is 0 Å². The Morgan fingerprint density at radius 1 is 1.44 bits per heavy atom. The molecule has 2 nitrogen and oxygen atoms in total. The van der Waals surface area contributed by atoms with Crippen molar-refractivity contribution in [2.24, 2.45) is 5.84 Å². The van der Waals surface area contributed by atoms with Crippen LogP contribution in [0.3, 0.4) is 0 Å². The van der Waals surface area contributed by atoms with E-state index in [1.807, 2.05) is 0 Å². The molecule has 0 aliphatic carbocycles. The third kappa shape index (κ3) is 2.73. The van der Waals surface area contributed by atoms with Crippen molar-refractivity contribution in [3.05, 3.63) is 42.7 Å². The lowest BCUT2D eigenvalue weighted by Crippen LogP contribution is -2.29. The van der Waals surface area contributed by atoms with E-state index in [2.05, 4.69) is 51.9 Å². The monoisotopic (exact) mass is 316 g/mol. The molecule has 1 unspecified atom stereocenters. The van der Waals surface area contributed by atoms with Crippen LogP contribution in [0.2, 0.25) is 0 Å². The molecule has 2 aromatic heterocycles. The smallest absolute Gasteiger partial charge is 0.0701 e. The van der Waals surface area contributed by atoms with Crippen LogP contribution in [0, 0.1) is 6.92 Å². The maximum atomic E-state index is 5.64. The SMILES string of the molecule is Cc1ccsc1C(Cc1ccc(Br)s1)NN. The van der Waals surface area contributed by atoms with E-state index in [1.54, 1.807) is 22.7 Å². The Morgan fingerprint density at radius 3 is 2.75 bits per heavy atom. The molecule has 0 saturated carbocycles. The number of rotatable bonds is 4. The van der Waals surface area contributed by atoms with Gasteiger partial charge in [0.1, 0.15) is 0 Å². The summed E-state index contributed by atoms with van der Waals surface area (Å²) in [5, 5.41) is 2.11. The van der Waals surface area contributed by atoms with E-state index in [0.29, 0.717) is 0 Å². The minimum atomic E-state index is 0.213. The second-order valence-corrected chi connectivity index (χ2v) is 7.09. The maximum absolute atomic E-state index is 5.64. The summed E-state index contributed by atoms with van der Waals surface area (Å²) in [6, 6.07) is 6.57. The number of hydrogen-bond acceptors (Lipinski definition) is 4. The standard InChI is InChI=1S/C11H13BrN2S2/c1-7-4-5-15-11(7)9(14-13)6-8-2-3-10(12)16-8/h2-5,9,14H,6,13H2,1H3. The summed E-state index contributed by atoms with van der Waals surface area (Å²) in [6.45, 7) is 2.13. The van der Waals surface area contributed by atoms with Gasteiger partial charge in [-0.3, -0.25) is 11.3 Å². The average Bonchev–Trinajstić information content (AvgIpc) is 2.84. The van der Waals surface area contributed by atoms with Gasteiger partial charge in [0.05, 0.1) is 9.83 Å². The van der Waals surface area contributed by atoms with Gasteiger partial charge in [-0.2, -0.15) is 0 Å². The third-order valence-electron chi connectivity index (χ3n) is 2.45. The van der Waals surface area contributed by atoms with Crippen LogP contribution in [0.4, 0.5) is 0 Å². The van der Waals surface area contributed by atoms with Crippen LogP contribution in [-0.2, 0) is 6.42 Å². The van der Waals surface area contributed by atoms with Crippen molar-refractivity contribution in [3.8, 4) is 0 Å². The van der Waals surface area contributed by atoms with E-state index < -0.39 is 0 Å². The fourth-order valence-corrected chi connectivity index (χ4v) is 4.15. The lowest BCUT2D eigenvalue weighted by Gasteiger charge is -2.14. The fraction of sp³-hybridized carbons (Fsp3) is 0.273. The molecule has 2 heterocycles. The molecule has 0 aliphatic heterocycles. The van der Waals surface area contributed by atoms with Gasteiger partial charge in [-0.15, -0.1) is 22.7 Å². The Bertz CT molecular complexity index is 464. The largest absolute Gasteiger partial charge is 0.271 e. The molecule has 16 heavy (non-hydrogen) atoms. The van der Waals surface area contributed by atoms with Gasteiger partial charge in [-0.25, -0.2) is 0 Å². The Balaban J connectivity index is 2.15. The molecule has 0 bridgehead atoms. The first-order valence-corrected chi connectivity index (χ1v) is 7.44. The molecule has 0 spiro atoms. The topological polar surface area (TPSA) is 38.0 Å². The van der Waals surface area contributed by atoms with E-state index in [4.69, 9.17) is 5.84 Å². The van der Waals surface area contributed by atoms with E-state index in [9.17, 15) is 0 Å². The summed E-state index contributed by atoms with van der Waals surface area (Å²) < 4.78 is 1.17. The van der Waals surface area contributed by atoms with Gasteiger partial charge in [0.2, 0.25) is 0 Å². The number of hydrogen-bond donors (Lipinski definition) is 2. The zero-order valence-electron chi connectivity index (χ0n) is 8.87. The Hall–Kier alpha value is -0.200. The van der Waals surface area contributed by atoms with Crippen LogP contribution in [-0.4, -0.2) is 0 Å². The number of thiophene rings is 2. The van der Waals surface area contributed by atoms with E-state index in [0.717, 1.165) is 6.42 Å². The van der Waals surface area contributed by atoms with E-state index in [-0.39, 0.29) is 6.04 Å². The van der Waals surface area contributed by atoms with Crippen molar-refractivity contribution in [2.75, 3.05) is 0 Å². The minimum absolute atomic E-state index is 0.213. The van der Waals surface area contributed by atoms with Crippen LogP contribution in [0.15, 0.2) is 27.4 Å². The third-order valence-corrected chi connectivity index (χ3v) is 5.23. The molecule has 0 amide bonds. The summed E-state index contributed by atoms with van der Waals surface area (Å²) in [5.41, 5.74) is 4.21. The highest BCUT2D eigenvalue weighted by molar-refractivity contribution is 9.11. The highest BCUT2D eigenvalue weighted by atomic mass is 79.9. The van der Waals surface area contributed by atoms with Crippen LogP contribution in [0.5, 0.6) is 0 Å². The summed E-state index contributed by atoms with van der Waals surface area (Å²) in [4.78, 5) is 2.66. The van der Waals surface area contributed by atoms with Crippen molar-refractivity contribution >= 4 is 38.6 Å². The number of nitrogens with one attached hydrogen (secondary N) is 1. The molecule has 86 valence electrons. The zero-order chi connectivity index (χ0) is 11.5. The molecular formula is C11H13BrN2S2. The van der Waals surface area contributed by atoms with Crippen molar-refractivity contribution < 1.29 is 0 Å². The van der Waals surface area contributed by atoms with Gasteiger partial charge < -0.3 is 0 Å². The molecule has 3 N–H and O–H groups in total. The molecule has 0 aromatic carbocycles. The van der Waals surface area contributed by atoms with Crippen LogP contribution < -0.4 is 11.3 Å². The molecule has 0 fully saturated rings. The number of halogens is 1. The van der Waals surface area contributed by atoms with Gasteiger partial charge in [0, 0.05) is 16.2 Å². The van der Waals surface area contributed by atoms with Crippen LogP contribution >= 0.6 is 38.6 Å². The molecule has 2 rings (SSSR count). The molecule has 5 heteroatoms. The predicted molar refractivity (Wildman–Crippen MR) is 74.8 cm³/mol. The van der Waals surface area contributed by atoms with Crippen molar-refractivity contribution in [1.29, 1.82) is 0 Å². The number of hydrazine groups is 1. The predicted octanol–water partition coefficient (Wildman–Crippen LogP) is 3.63. The Labute approximate surface area is 112 Å². The Kier molecular flexibility index (Phi) is 4.16. The van der Waals surface area contributed by atoms with Gasteiger partial charge in [-0.1, -0.05) is 0 Å². The van der Waals surface area contributed by atoms with Crippen molar-refractivity contribution in [2.45, 2.75) is 19.4 Å². The molecule has 0 aliphatic rings. The van der Waals surface area contributed by atoms with Crippen molar-refractivity contribution in [1.82, 2.24) is 5.43 Å². The number of aryl methyl sites for hydroxylation is 1. The maximum Gasteiger partial charge on any atom is 0.0701 e. The molecule has 1 atom stereocenters. The second-order valence-electron chi connectivity index (χ2n) is 3.60. The second kappa shape index (κ2) is 5.42. The first-order chi connectivity index (χ1) is 7.70. The van der Waals surface area contributed by atoms with Gasteiger partial charge in [-0.05, 0) is 52.0 Å². The first-order valence-electron chi connectivity index (χ1n) is 4.95. The van der Waals surface area contributed by atoms with Crippen LogP contribution in [0.1, 0.15) is 21.4 Å². The molecule has 0 saturated heterocycles. The average molecular weight is 317 g/mol. The lowest BCUT2D eigenvalue weighted by atomic mass is 10.1. The van der Waals surface area contributed by atoms with E-state index >= 15 is 0 Å². The summed E-state index contributed by atoms with van der Waals surface area (Å²) in [7, 11) is 0. The van der Waals surface area contributed by atoms with E-state index in [1.165, 1.54) is 19.1 Å². The molecule has 2 aromatic rings. The quantitative estimate of drug-likeness (QED) is 0.667. The minimum Gasteiger partial charge on any atom is -0.271 e. The summed E-state index contributed by atoms with van der Waals surface area (Å²) in [5.74, 6) is 5.64. The molecule has 0 radical (unpaired) electrons. The van der Waals surface area contributed by atoms with Gasteiger partial charge in [0.15, 0.2) is 0 Å². The highest BCUT2D eigenvalue weighted by Crippen LogP contribution is 2.30. The van der Waals surface area contributed by atoms with Gasteiger partial charge in [0.25, 0.3) is 0 Å². The lowest BCUT2D eigenvalue weighted by molar-refractivity contribution is 0.562. The first kappa shape index (κ1) is 12.3. The Morgan fingerprint density at radius 2 is 2.25 bits per heavy atom.